The Hall–Kier alpha value is -3.20. The van der Waals surface area contributed by atoms with Crippen LogP contribution in [0, 0.1) is 0 Å². The first kappa shape index (κ1) is 21.0. The standard InChI is InChI=1S/C21H25ClN8O/c1-12(26-21-25-11-24-20(23)29-21)16-10-14-4-3-5-17(22)18(14)28-19(16)27-15-6-8-30(9-7-15)13(2)31/h3-5,10-12,15H,6-9H2,1-2H3,(H,27,28)(H3,23,24,25,26,29). The third-order valence-corrected chi connectivity index (χ3v) is 5.81. The van der Waals surface area contributed by atoms with Crippen LogP contribution in [0.1, 0.15) is 38.3 Å². The molecule has 1 unspecified atom stereocenters. The highest BCUT2D eigenvalue weighted by Gasteiger charge is 2.23. The average Bonchev–Trinajstić information content (AvgIpc) is 2.74. The van der Waals surface area contributed by atoms with Gasteiger partial charge in [-0.05, 0) is 31.9 Å². The van der Waals surface area contributed by atoms with E-state index >= 15 is 0 Å². The van der Waals surface area contributed by atoms with Crippen molar-refractivity contribution >= 4 is 46.1 Å². The number of likely N-dealkylation sites (tertiary alicyclic amines) is 1. The van der Waals surface area contributed by atoms with E-state index in [9.17, 15) is 4.79 Å². The molecule has 10 heteroatoms. The molecule has 1 atom stereocenters. The number of benzene rings is 1. The molecule has 2 aromatic heterocycles. The van der Waals surface area contributed by atoms with Crippen molar-refractivity contribution in [2.45, 2.75) is 38.8 Å². The molecule has 1 aliphatic heterocycles. The molecule has 0 saturated carbocycles. The Morgan fingerprint density at radius 3 is 2.74 bits per heavy atom. The summed E-state index contributed by atoms with van der Waals surface area (Å²) in [6.07, 6.45) is 3.08. The van der Waals surface area contributed by atoms with Gasteiger partial charge in [0.25, 0.3) is 0 Å². The molecule has 0 radical (unpaired) electrons. The van der Waals surface area contributed by atoms with E-state index in [-0.39, 0.29) is 23.9 Å². The summed E-state index contributed by atoms with van der Waals surface area (Å²) in [4.78, 5) is 30.5. The second-order valence-corrected chi connectivity index (χ2v) is 8.10. The van der Waals surface area contributed by atoms with Gasteiger partial charge in [-0.1, -0.05) is 23.7 Å². The molecule has 0 aliphatic carbocycles. The quantitative estimate of drug-likeness (QED) is 0.552. The number of para-hydroxylation sites is 1. The van der Waals surface area contributed by atoms with Crippen molar-refractivity contribution in [2.24, 2.45) is 0 Å². The Kier molecular flexibility index (Phi) is 6.03. The number of pyridine rings is 1. The first-order chi connectivity index (χ1) is 14.9. The zero-order valence-corrected chi connectivity index (χ0v) is 18.2. The van der Waals surface area contributed by atoms with Gasteiger partial charge in [0.1, 0.15) is 12.1 Å². The van der Waals surface area contributed by atoms with E-state index in [1.807, 2.05) is 30.0 Å². The average molecular weight is 441 g/mol. The van der Waals surface area contributed by atoms with Crippen LogP contribution in [0.3, 0.4) is 0 Å². The fraction of sp³-hybridized carbons (Fsp3) is 0.381. The Morgan fingerprint density at radius 1 is 1.26 bits per heavy atom. The smallest absolute Gasteiger partial charge is 0.227 e. The van der Waals surface area contributed by atoms with Crippen molar-refractivity contribution in [3.8, 4) is 0 Å². The van der Waals surface area contributed by atoms with Gasteiger partial charge >= 0.3 is 0 Å². The highest BCUT2D eigenvalue weighted by atomic mass is 35.5. The van der Waals surface area contributed by atoms with Crippen LogP contribution in [0.2, 0.25) is 5.02 Å². The van der Waals surface area contributed by atoms with Gasteiger partial charge in [0.05, 0.1) is 16.6 Å². The number of carbonyl (C=O) groups excluding carboxylic acids is 1. The first-order valence-electron chi connectivity index (χ1n) is 10.2. The van der Waals surface area contributed by atoms with Crippen LogP contribution in [0.4, 0.5) is 17.7 Å². The van der Waals surface area contributed by atoms with Crippen LogP contribution in [-0.2, 0) is 4.79 Å². The minimum absolute atomic E-state index is 0.115. The van der Waals surface area contributed by atoms with Crippen molar-refractivity contribution in [2.75, 3.05) is 29.5 Å². The number of aromatic nitrogens is 4. The van der Waals surface area contributed by atoms with Gasteiger partial charge in [-0.2, -0.15) is 4.98 Å². The summed E-state index contributed by atoms with van der Waals surface area (Å²) in [6, 6.07) is 7.86. The predicted octanol–water partition coefficient (Wildman–Crippen LogP) is 3.25. The van der Waals surface area contributed by atoms with E-state index in [1.54, 1.807) is 6.92 Å². The number of hydrogen-bond acceptors (Lipinski definition) is 8. The minimum Gasteiger partial charge on any atom is -0.368 e. The van der Waals surface area contributed by atoms with Gasteiger partial charge in [0, 0.05) is 37.0 Å². The lowest BCUT2D eigenvalue weighted by atomic mass is 10.0. The number of anilines is 3. The molecular formula is C21H25ClN8O. The molecule has 31 heavy (non-hydrogen) atoms. The van der Waals surface area contributed by atoms with E-state index in [2.05, 4.69) is 31.7 Å². The van der Waals surface area contributed by atoms with Gasteiger partial charge in [0.2, 0.25) is 17.8 Å². The summed E-state index contributed by atoms with van der Waals surface area (Å²) in [5.74, 6) is 1.42. The fourth-order valence-corrected chi connectivity index (χ4v) is 4.03. The summed E-state index contributed by atoms with van der Waals surface area (Å²) in [5, 5.41) is 8.40. The molecule has 4 N–H and O–H groups in total. The second kappa shape index (κ2) is 8.89. The number of nitrogens with zero attached hydrogens (tertiary/aromatic N) is 5. The Balaban J connectivity index is 1.63. The molecular weight excluding hydrogens is 416 g/mol. The first-order valence-corrected chi connectivity index (χ1v) is 10.6. The minimum atomic E-state index is -0.155. The largest absolute Gasteiger partial charge is 0.368 e. The SMILES string of the molecule is CC(=O)N1CCC(Nc2nc3c(Cl)cccc3cc2C(C)Nc2ncnc(N)n2)CC1. The van der Waals surface area contributed by atoms with Crippen LogP contribution < -0.4 is 16.4 Å². The summed E-state index contributed by atoms with van der Waals surface area (Å²) >= 11 is 6.41. The molecule has 1 saturated heterocycles. The van der Waals surface area contributed by atoms with E-state index in [1.165, 1.54) is 6.33 Å². The van der Waals surface area contributed by atoms with Gasteiger partial charge in [-0.3, -0.25) is 4.79 Å². The van der Waals surface area contributed by atoms with E-state index in [0.29, 0.717) is 11.0 Å². The Morgan fingerprint density at radius 2 is 2.03 bits per heavy atom. The summed E-state index contributed by atoms with van der Waals surface area (Å²) in [6.45, 7) is 5.08. The normalized spacial score (nSPS) is 15.6. The lowest BCUT2D eigenvalue weighted by molar-refractivity contribution is -0.129. The predicted molar refractivity (Wildman–Crippen MR) is 122 cm³/mol. The number of nitrogens with one attached hydrogen (secondary N) is 2. The molecule has 0 bridgehead atoms. The highest BCUT2D eigenvalue weighted by molar-refractivity contribution is 6.35. The number of amides is 1. The molecule has 1 aromatic carbocycles. The fourth-order valence-electron chi connectivity index (χ4n) is 3.81. The molecule has 3 aromatic rings. The lowest BCUT2D eigenvalue weighted by Gasteiger charge is -2.32. The molecule has 1 aliphatic rings. The third-order valence-electron chi connectivity index (χ3n) is 5.51. The molecule has 0 spiro atoms. The third kappa shape index (κ3) is 4.77. The van der Waals surface area contributed by atoms with Crippen LogP contribution in [0.15, 0.2) is 30.6 Å². The number of carbonyl (C=O) groups is 1. The number of halogens is 1. The van der Waals surface area contributed by atoms with E-state index in [4.69, 9.17) is 22.3 Å². The number of rotatable bonds is 5. The van der Waals surface area contributed by atoms with Crippen LogP contribution >= 0.6 is 11.6 Å². The highest BCUT2D eigenvalue weighted by Crippen LogP contribution is 2.31. The van der Waals surface area contributed by atoms with Gasteiger partial charge < -0.3 is 21.3 Å². The van der Waals surface area contributed by atoms with Crippen molar-refractivity contribution in [1.29, 1.82) is 0 Å². The van der Waals surface area contributed by atoms with E-state index < -0.39 is 0 Å². The van der Waals surface area contributed by atoms with Crippen LogP contribution in [-0.4, -0.2) is 49.9 Å². The zero-order valence-electron chi connectivity index (χ0n) is 17.5. The maximum absolute atomic E-state index is 11.6. The van der Waals surface area contributed by atoms with Gasteiger partial charge in [-0.25, -0.2) is 15.0 Å². The number of hydrogen-bond donors (Lipinski definition) is 3. The topological polar surface area (TPSA) is 122 Å². The van der Waals surface area contributed by atoms with E-state index in [0.717, 1.165) is 48.2 Å². The van der Waals surface area contributed by atoms with Crippen molar-refractivity contribution in [1.82, 2.24) is 24.8 Å². The zero-order chi connectivity index (χ0) is 22.0. The Bertz CT molecular complexity index is 1100. The van der Waals surface area contributed by atoms with Crippen molar-refractivity contribution < 1.29 is 4.79 Å². The second-order valence-electron chi connectivity index (χ2n) is 7.70. The monoisotopic (exact) mass is 440 g/mol. The van der Waals surface area contributed by atoms with Crippen molar-refractivity contribution in [3.05, 3.63) is 41.2 Å². The summed E-state index contributed by atoms with van der Waals surface area (Å²) < 4.78 is 0. The molecule has 9 nitrogen and oxygen atoms in total. The molecule has 4 rings (SSSR count). The molecule has 1 amide bonds. The number of nitrogen functional groups attached to an aromatic ring is 1. The molecule has 162 valence electrons. The van der Waals surface area contributed by atoms with Crippen LogP contribution in [0.5, 0.6) is 0 Å². The number of piperidine rings is 1. The number of fused-ring (bicyclic) bond motifs is 1. The maximum atomic E-state index is 11.6. The van der Waals surface area contributed by atoms with Gasteiger partial charge in [0.15, 0.2) is 0 Å². The number of nitrogens with two attached hydrogens (primary N) is 1. The van der Waals surface area contributed by atoms with Crippen molar-refractivity contribution in [3.63, 3.8) is 0 Å². The van der Waals surface area contributed by atoms with Gasteiger partial charge in [-0.15, -0.1) is 0 Å². The Labute approximate surface area is 185 Å². The lowest BCUT2D eigenvalue weighted by Crippen LogP contribution is -2.41. The maximum Gasteiger partial charge on any atom is 0.227 e. The summed E-state index contributed by atoms with van der Waals surface area (Å²) in [7, 11) is 0. The molecule has 3 heterocycles. The molecule has 1 fully saturated rings. The summed E-state index contributed by atoms with van der Waals surface area (Å²) in [5.41, 5.74) is 7.39. The van der Waals surface area contributed by atoms with Crippen LogP contribution in [0.25, 0.3) is 10.9 Å².